The zero-order chi connectivity index (χ0) is 30.4. The Labute approximate surface area is 213 Å². The highest BCUT2D eigenvalue weighted by molar-refractivity contribution is 6.22. The molecule has 4 aromatic rings. The van der Waals surface area contributed by atoms with Crippen LogP contribution in [-0.4, -0.2) is 66.5 Å². The van der Waals surface area contributed by atoms with E-state index in [2.05, 4.69) is 8.83 Å². The highest BCUT2D eigenvalue weighted by Gasteiger charge is 2.40. The summed E-state index contributed by atoms with van der Waals surface area (Å²) in [5.74, 6) is -13.5. The summed E-state index contributed by atoms with van der Waals surface area (Å²) in [6.45, 7) is 0. The zero-order valence-electron chi connectivity index (χ0n) is 18.7. The summed E-state index contributed by atoms with van der Waals surface area (Å²) in [5.41, 5.74) is -13.2. The van der Waals surface area contributed by atoms with Crippen molar-refractivity contribution < 1.29 is 68.2 Å². The second kappa shape index (κ2) is 9.78. The minimum absolute atomic E-state index is 0.0181. The van der Waals surface area contributed by atoms with Crippen LogP contribution in [0.1, 0.15) is 62.1 Å². The van der Waals surface area contributed by atoms with E-state index in [-0.39, 0.29) is 21.5 Å². The molecule has 18 heteroatoms. The van der Waals surface area contributed by atoms with Crippen LogP contribution in [0.15, 0.2) is 40.1 Å². The fourth-order valence-electron chi connectivity index (χ4n) is 3.70. The summed E-state index contributed by atoms with van der Waals surface area (Å²) >= 11 is 0. The number of fused-ring (bicyclic) bond motifs is 2. The lowest BCUT2D eigenvalue weighted by molar-refractivity contribution is 0.0592. The first kappa shape index (κ1) is 28.1. The first-order chi connectivity index (χ1) is 18.5. The van der Waals surface area contributed by atoms with Crippen molar-refractivity contribution in [3.8, 4) is 0 Å². The van der Waals surface area contributed by atoms with Gasteiger partial charge in [0, 0.05) is 0 Å². The third-order valence-electron chi connectivity index (χ3n) is 5.19. The van der Waals surface area contributed by atoms with Gasteiger partial charge < -0.3 is 39.5 Å². The Hall–Kier alpha value is -6.46. The largest absolute Gasteiger partial charge is 0.478 e. The van der Waals surface area contributed by atoms with Crippen molar-refractivity contribution in [3.05, 3.63) is 87.2 Å². The van der Waals surface area contributed by atoms with Gasteiger partial charge in [0.25, 0.3) is 0 Å². The van der Waals surface area contributed by atoms with Crippen molar-refractivity contribution in [2.45, 2.75) is 0 Å². The van der Waals surface area contributed by atoms with Gasteiger partial charge in [0.05, 0.1) is 54.9 Å². The Kier molecular flexibility index (Phi) is 6.87. The molecule has 0 spiro atoms. The predicted molar refractivity (Wildman–Crippen MR) is 122 cm³/mol. The number of carboxylic acid groups (broad SMARTS) is 6. The summed E-state index contributed by atoms with van der Waals surface area (Å²) in [4.78, 5) is 112. The van der Waals surface area contributed by atoms with Crippen LogP contribution in [0.2, 0.25) is 0 Å². The molecular weight excluding hydrogens is 552 g/mol. The molecule has 0 amide bonds. The Morgan fingerprint density at radius 3 is 0.650 bits per heavy atom. The second-order valence-electron chi connectivity index (χ2n) is 7.38. The van der Waals surface area contributed by atoms with Gasteiger partial charge in [0.2, 0.25) is 0 Å². The maximum atomic E-state index is 11.2. The number of furan rings is 2. The molecule has 0 fully saturated rings. The molecule has 0 saturated carbocycles. The molecule has 204 valence electrons. The molecule has 0 aliphatic rings. The SMILES string of the molecule is O=C(O)c1c(C(=O)O)c(C(=O)O)c(C(=O)O)c(C(=O)O)c1C(=O)O.O=c1oc(=O)c2cc3c(=O)oc(=O)c3cc12. The van der Waals surface area contributed by atoms with Gasteiger partial charge in [-0.1, -0.05) is 0 Å². The van der Waals surface area contributed by atoms with Crippen LogP contribution >= 0.6 is 0 Å². The van der Waals surface area contributed by atoms with Crippen LogP contribution in [-0.2, 0) is 0 Å². The van der Waals surface area contributed by atoms with E-state index in [1.54, 1.807) is 0 Å². The molecule has 0 atom stereocenters. The van der Waals surface area contributed by atoms with Crippen LogP contribution < -0.4 is 22.5 Å². The van der Waals surface area contributed by atoms with Crippen molar-refractivity contribution in [3.63, 3.8) is 0 Å². The monoisotopic (exact) mass is 560 g/mol. The third kappa shape index (κ3) is 4.42. The lowest BCUT2D eigenvalue weighted by atomic mass is 9.86. The molecule has 40 heavy (non-hydrogen) atoms. The summed E-state index contributed by atoms with van der Waals surface area (Å²) in [6.07, 6.45) is 0. The quantitative estimate of drug-likeness (QED) is 0.171. The molecule has 2 heterocycles. The molecule has 0 aliphatic heterocycles. The fraction of sp³-hybridized carbons (Fsp3) is 0. The highest BCUT2D eigenvalue weighted by atomic mass is 16.4. The minimum atomic E-state index is -2.26. The molecule has 0 radical (unpaired) electrons. The molecule has 0 bridgehead atoms. The van der Waals surface area contributed by atoms with Crippen molar-refractivity contribution in [2.24, 2.45) is 0 Å². The number of benzene rings is 2. The average Bonchev–Trinajstić information content (AvgIpc) is 3.29. The number of carbonyl (C=O) groups is 6. The molecule has 0 unspecified atom stereocenters. The molecule has 18 nitrogen and oxygen atoms in total. The van der Waals surface area contributed by atoms with Gasteiger partial charge in [-0.3, -0.25) is 0 Å². The molecule has 6 N–H and O–H groups in total. The van der Waals surface area contributed by atoms with E-state index in [1.165, 1.54) is 0 Å². The van der Waals surface area contributed by atoms with Gasteiger partial charge >= 0.3 is 58.3 Å². The van der Waals surface area contributed by atoms with Gasteiger partial charge in [-0.05, 0) is 12.1 Å². The van der Waals surface area contributed by atoms with E-state index in [1.807, 2.05) is 0 Å². The van der Waals surface area contributed by atoms with Crippen LogP contribution in [0.25, 0.3) is 21.5 Å². The number of hydrogen-bond donors (Lipinski definition) is 6. The standard InChI is InChI=1S/C12H6O12.C10H2O6/c13-7(14)1-2(8(15)16)4(10(19)20)6(12(23)24)5(11(21)22)3(1)9(17)18;11-7-3-1-4-6(10(14)16-8(4)12)2-5(3)9(13)15-7/h(H,13,14)(H,15,16)(H,17,18)(H,19,20)(H,21,22)(H,23,24);1-2H. The first-order valence-corrected chi connectivity index (χ1v) is 9.85. The molecule has 2 aromatic carbocycles. The number of rotatable bonds is 6. The average molecular weight is 560 g/mol. The molecule has 2 aromatic heterocycles. The Balaban J connectivity index is 0.000000236. The van der Waals surface area contributed by atoms with Crippen LogP contribution in [0.5, 0.6) is 0 Å². The number of hydrogen-bond acceptors (Lipinski definition) is 12. The van der Waals surface area contributed by atoms with Crippen molar-refractivity contribution in [2.75, 3.05) is 0 Å². The van der Waals surface area contributed by atoms with E-state index >= 15 is 0 Å². The summed E-state index contributed by atoms with van der Waals surface area (Å²) in [6, 6.07) is 2.29. The normalized spacial score (nSPS) is 10.6. The topological polar surface area (TPSA) is 318 Å². The lowest BCUT2D eigenvalue weighted by Gasteiger charge is -2.15. The Bertz CT molecular complexity index is 1700. The fourth-order valence-corrected chi connectivity index (χ4v) is 3.70. The second-order valence-corrected chi connectivity index (χ2v) is 7.38. The summed E-state index contributed by atoms with van der Waals surface area (Å²) in [5, 5.41) is 54.1. The highest BCUT2D eigenvalue weighted by Crippen LogP contribution is 2.30. The lowest BCUT2D eigenvalue weighted by Crippen LogP contribution is -2.27. The predicted octanol–water partition coefficient (Wildman–Crippen LogP) is -0.629. The van der Waals surface area contributed by atoms with Crippen molar-refractivity contribution in [1.29, 1.82) is 0 Å². The number of aromatic carboxylic acids is 6. The molecule has 4 rings (SSSR count). The van der Waals surface area contributed by atoms with Gasteiger partial charge in [-0.15, -0.1) is 0 Å². The smallest absolute Gasteiger partial charge is 0.346 e. The summed E-state index contributed by atoms with van der Waals surface area (Å²) < 4.78 is 8.68. The number of carboxylic acids is 6. The van der Waals surface area contributed by atoms with Gasteiger partial charge in [0.15, 0.2) is 0 Å². The van der Waals surface area contributed by atoms with E-state index in [9.17, 15) is 47.9 Å². The van der Waals surface area contributed by atoms with E-state index in [0.29, 0.717) is 0 Å². The minimum Gasteiger partial charge on any atom is -0.478 e. The van der Waals surface area contributed by atoms with Crippen LogP contribution in [0.3, 0.4) is 0 Å². The molecular formula is C22H8O18. The maximum absolute atomic E-state index is 11.2. The Morgan fingerprint density at radius 1 is 0.375 bits per heavy atom. The maximum Gasteiger partial charge on any atom is 0.346 e. The van der Waals surface area contributed by atoms with E-state index in [0.717, 1.165) is 12.1 Å². The van der Waals surface area contributed by atoms with Crippen molar-refractivity contribution >= 4 is 57.4 Å². The van der Waals surface area contributed by atoms with E-state index in [4.69, 9.17) is 30.6 Å². The van der Waals surface area contributed by atoms with Gasteiger partial charge in [-0.25, -0.2) is 47.9 Å². The van der Waals surface area contributed by atoms with Gasteiger partial charge in [-0.2, -0.15) is 0 Å². The third-order valence-corrected chi connectivity index (χ3v) is 5.19. The first-order valence-electron chi connectivity index (χ1n) is 9.85. The van der Waals surface area contributed by atoms with Gasteiger partial charge in [0.1, 0.15) is 0 Å². The van der Waals surface area contributed by atoms with Crippen LogP contribution in [0.4, 0.5) is 0 Å². The van der Waals surface area contributed by atoms with Crippen LogP contribution in [0, 0.1) is 0 Å². The molecule has 0 saturated heterocycles. The zero-order valence-corrected chi connectivity index (χ0v) is 18.7. The van der Waals surface area contributed by atoms with Crippen molar-refractivity contribution in [1.82, 2.24) is 0 Å². The molecule has 0 aliphatic carbocycles. The summed E-state index contributed by atoms with van der Waals surface area (Å²) in [7, 11) is 0. The van der Waals surface area contributed by atoms with E-state index < -0.39 is 91.7 Å². The Morgan fingerprint density at radius 2 is 0.525 bits per heavy atom.